The number of nitrogens with one attached hydrogen (secondary N) is 2. The SMILES string of the molecule is CNC(=O)c1c(F)cnc2c([C@H](C)CNc3cc(-c4csc(OC)n4)ncn3)cccc12. The molecular formula is C22H21FN6O2S. The fourth-order valence-corrected chi connectivity index (χ4v) is 4.04. The molecule has 0 saturated heterocycles. The van der Waals surface area contributed by atoms with E-state index in [0.717, 1.165) is 11.8 Å². The van der Waals surface area contributed by atoms with Crippen LogP contribution in [0.1, 0.15) is 28.8 Å². The van der Waals surface area contributed by atoms with Crippen LogP contribution in [0.4, 0.5) is 10.2 Å². The van der Waals surface area contributed by atoms with Crippen LogP contribution in [-0.4, -0.2) is 46.5 Å². The number of carbonyl (C=O) groups is 1. The smallest absolute Gasteiger partial charge is 0.273 e. The van der Waals surface area contributed by atoms with Crippen LogP contribution in [0.25, 0.3) is 22.3 Å². The lowest BCUT2D eigenvalue weighted by atomic mass is 9.96. The molecule has 0 aliphatic carbocycles. The summed E-state index contributed by atoms with van der Waals surface area (Å²) in [7, 11) is 3.05. The largest absolute Gasteiger partial charge is 0.473 e. The second-order valence-electron chi connectivity index (χ2n) is 7.08. The first-order valence-electron chi connectivity index (χ1n) is 9.86. The summed E-state index contributed by atoms with van der Waals surface area (Å²) in [6, 6.07) is 7.26. The lowest BCUT2D eigenvalue weighted by Crippen LogP contribution is -2.20. The number of anilines is 1. The maximum atomic E-state index is 14.3. The number of rotatable bonds is 7. The van der Waals surface area contributed by atoms with Gasteiger partial charge in [0.25, 0.3) is 11.1 Å². The van der Waals surface area contributed by atoms with Crippen LogP contribution in [0.5, 0.6) is 5.19 Å². The zero-order chi connectivity index (χ0) is 22.7. The molecule has 8 nitrogen and oxygen atoms in total. The van der Waals surface area contributed by atoms with E-state index in [1.807, 2.05) is 24.4 Å². The lowest BCUT2D eigenvalue weighted by Gasteiger charge is -2.16. The van der Waals surface area contributed by atoms with Crippen molar-refractivity contribution < 1.29 is 13.9 Å². The molecule has 10 heteroatoms. The normalized spacial score (nSPS) is 11.9. The highest BCUT2D eigenvalue weighted by Gasteiger charge is 2.19. The number of carbonyl (C=O) groups excluding carboxylic acids is 1. The molecule has 3 heterocycles. The van der Waals surface area contributed by atoms with Crippen molar-refractivity contribution >= 4 is 34.0 Å². The number of hydrogen-bond acceptors (Lipinski definition) is 8. The molecule has 2 N–H and O–H groups in total. The molecule has 0 saturated carbocycles. The summed E-state index contributed by atoms with van der Waals surface area (Å²) >= 11 is 1.40. The van der Waals surface area contributed by atoms with Crippen molar-refractivity contribution in [1.82, 2.24) is 25.3 Å². The van der Waals surface area contributed by atoms with Gasteiger partial charge in [0.15, 0.2) is 5.82 Å². The molecule has 0 spiro atoms. The molecule has 0 radical (unpaired) electrons. The van der Waals surface area contributed by atoms with Crippen molar-refractivity contribution in [2.45, 2.75) is 12.8 Å². The van der Waals surface area contributed by atoms with Crippen molar-refractivity contribution in [3.05, 3.63) is 59.1 Å². The number of pyridine rings is 1. The summed E-state index contributed by atoms with van der Waals surface area (Å²) in [5, 5.41) is 8.72. The Kier molecular flexibility index (Phi) is 6.22. The lowest BCUT2D eigenvalue weighted by molar-refractivity contribution is 0.0960. The monoisotopic (exact) mass is 452 g/mol. The number of para-hydroxylation sites is 1. The third-order valence-corrected chi connectivity index (χ3v) is 5.84. The van der Waals surface area contributed by atoms with Gasteiger partial charge in [-0.1, -0.05) is 36.5 Å². The van der Waals surface area contributed by atoms with E-state index >= 15 is 0 Å². The molecule has 0 fully saturated rings. The van der Waals surface area contributed by atoms with Gasteiger partial charge >= 0.3 is 0 Å². The fraction of sp³-hybridized carbons (Fsp3) is 0.227. The number of ether oxygens (including phenoxy) is 1. The van der Waals surface area contributed by atoms with E-state index in [2.05, 4.69) is 30.6 Å². The Hall–Kier alpha value is -3.66. The first-order valence-corrected chi connectivity index (χ1v) is 10.7. The molecule has 1 atom stereocenters. The number of benzene rings is 1. The molecule has 0 aliphatic rings. The minimum absolute atomic E-state index is 0.00126. The molecule has 1 amide bonds. The highest BCUT2D eigenvalue weighted by molar-refractivity contribution is 7.11. The highest BCUT2D eigenvalue weighted by atomic mass is 32.1. The van der Waals surface area contributed by atoms with E-state index in [9.17, 15) is 9.18 Å². The second kappa shape index (κ2) is 9.23. The summed E-state index contributed by atoms with van der Waals surface area (Å²) in [6.45, 7) is 2.57. The Morgan fingerprint density at radius 1 is 1.25 bits per heavy atom. The number of nitrogens with zero attached hydrogens (tertiary/aromatic N) is 4. The van der Waals surface area contributed by atoms with Crippen LogP contribution in [0.3, 0.4) is 0 Å². The van der Waals surface area contributed by atoms with Crippen molar-refractivity contribution in [2.75, 3.05) is 26.0 Å². The maximum absolute atomic E-state index is 14.3. The van der Waals surface area contributed by atoms with Gasteiger partial charge < -0.3 is 15.4 Å². The summed E-state index contributed by atoms with van der Waals surface area (Å²) < 4.78 is 19.4. The number of amides is 1. The van der Waals surface area contributed by atoms with E-state index in [0.29, 0.717) is 39.8 Å². The number of methoxy groups -OCH3 is 1. The van der Waals surface area contributed by atoms with Gasteiger partial charge in [0.1, 0.15) is 17.8 Å². The van der Waals surface area contributed by atoms with E-state index in [1.54, 1.807) is 19.2 Å². The van der Waals surface area contributed by atoms with Crippen molar-refractivity contribution in [3.63, 3.8) is 0 Å². The molecule has 32 heavy (non-hydrogen) atoms. The third-order valence-electron chi connectivity index (χ3n) is 5.04. The van der Waals surface area contributed by atoms with E-state index in [1.165, 1.54) is 24.7 Å². The minimum Gasteiger partial charge on any atom is -0.473 e. The summed E-state index contributed by atoms with van der Waals surface area (Å²) in [4.78, 5) is 29.4. The number of aromatic nitrogens is 4. The average Bonchev–Trinajstić information content (AvgIpc) is 3.31. The van der Waals surface area contributed by atoms with Gasteiger partial charge in [-0.25, -0.2) is 19.3 Å². The van der Waals surface area contributed by atoms with Gasteiger partial charge in [-0.05, 0) is 5.56 Å². The van der Waals surface area contributed by atoms with Gasteiger partial charge in [0, 0.05) is 36.3 Å². The van der Waals surface area contributed by atoms with Crippen LogP contribution in [0.2, 0.25) is 0 Å². The second-order valence-corrected chi connectivity index (χ2v) is 7.90. The van der Waals surface area contributed by atoms with Gasteiger partial charge in [-0.3, -0.25) is 9.78 Å². The fourth-order valence-electron chi connectivity index (χ4n) is 3.41. The molecule has 4 rings (SSSR count). The first kappa shape index (κ1) is 21.6. The molecule has 4 aromatic rings. The maximum Gasteiger partial charge on any atom is 0.273 e. The van der Waals surface area contributed by atoms with Crippen LogP contribution in [0.15, 0.2) is 42.2 Å². The quantitative estimate of drug-likeness (QED) is 0.439. The Balaban J connectivity index is 1.57. The molecule has 1 aromatic carbocycles. The molecule has 0 bridgehead atoms. The third kappa shape index (κ3) is 4.22. The predicted octanol–water partition coefficient (Wildman–Crippen LogP) is 3.87. The van der Waals surface area contributed by atoms with Gasteiger partial charge in [0.05, 0.1) is 30.1 Å². The van der Waals surface area contributed by atoms with Crippen molar-refractivity contribution in [3.8, 4) is 16.6 Å². The van der Waals surface area contributed by atoms with Crippen molar-refractivity contribution in [2.24, 2.45) is 0 Å². The topological polar surface area (TPSA) is 102 Å². The highest BCUT2D eigenvalue weighted by Crippen LogP contribution is 2.29. The molecule has 0 unspecified atom stereocenters. The first-order chi connectivity index (χ1) is 15.5. The zero-order valence-corrected chi connectivity index (χ0v) is 18.5. The Morgan fingerprint density at radius 3 is 2.84 bits per heavy atom. The molecular weight excluding hydrogens is 431 g/mol. The average molecular weight is 453 g/mol. The Labute approximate surface area is 187 Å². The molecule has 164 valence electrons. The van der Waals surface area contributed by atoms with Crippen LogP contribution >= 0.6 is 11.3 Å². The van der Waals surface area contributed by atoms with Gasteiger partial charge in [0.2, 0.25) is 0 Å². The Morgan fingerprint density at radius 2 is 2.09 bits per heavy atom. The van der Waals surface area contributed by atoms with Crippen molar-refractivity contribution in [1.29, 1.82) is 0 Å². The number of fused-ring (bicyclic) bond motifs is 1. The number of hydrogen-bond donors (Lipinski definition) is 2. The standard InChI is InChI=1S/C22H21FN6O2S/c1-12(8-25-18-7-16(27-11-28-18)17-10-32-22(29-17)31-3)13-5-4-6-14-19(21(30)24-2)15(23)9-26-20(13)14/h4-7,9-12H,8H2,1-3H3,(H,24,30)(H,25,27,28)/t12-/m1/s1. The predicted molar refractivity (Wildman–Crippen MR) is 122 cm³/mol. The minimum atomic E-state index is -0.646. The molecule has 3 aromatic heterocycles. The number of thiazole rings is 1. The Bertz CT molecular complexity index is 1280. The van der Waals surface area contributed by atoms with Crippen LogP contribution in [0, 0.1) is 5.82 Å². The van der Waals surface area contributed by atoms with Gasteiger partial charge in [-0.15, -0.1) is 0 Å². The van der Waals surface area contributed by atoms with E-state index in [4.69, 9.17) is 4.74 Å². The summed E-state index contributed by atoms with van der Waals surface area (Å²) in [5.41, 5.74) is 2.90. The molecule has 0 aliphatic heterocycles. The van der Waals surface area contributed by atoms with E-state index in [-0.39, 0.29) is 11.5 Å². The zero-order valence-electron chi connectivity index (χ0n) is 17.7. The van der Waals surface area contributed by atoms with E-state index < -0.39 is 11.7 Å². The van der Waals surface area contributed by atoms with Crippen LogP contribution in [-0.2, 0) is 0 Å². The number of halogens is 1. The summed E-state index contributed by atoms with van der Waals surface area (Å²) in [6.07, 6.45) is 2.57. The van der Waals surface area contributed by atoms with Gasteiger partial charge in [-0.2, -0.15) is 0 Å². The summed E-state index contributed by atoms with van der Waals surface area (Å²) in [5.74, 6) is -0.469. The van der Waals surface area contributed by atoms with Crippen LogP contribution < -0.4 is 15.4 Å².